The third-order valence-electron chi connectivity index (χ3n) is 3.78. The lowest BCUT2D eigenvalue weighted by molar-refractivity contribution is 0.103. The van der Waals surface area contributed by atoms with Gasteiger partial charge >= 0.3 is 0 Å². The first-order chi connectivity index (χ1) is 11.4. The summed E-state index contributed by atoms with van der Waals surface area (Å²) >= 11 is 0. The first-order valence-corrected chi connectivity index (χ1v) is 7.61. The Morgan fingerprint density at radius 3 is 2.50 bits per heavy atom. The quantitative estimate of drug-likeness (QED) is 0.657. The molecule has 0 saturated carbocycles. The van der Waals surface area contributed by atoms with Gasteiger partial charge in [-0.15, -0.1) is 0 Å². The fourth-order valence-electron chi connectivity index (χ4n) is 2.48. The molecule has 122 valence electrons. The van der Waals surface area contributed by atoms with Crippen LogP contribution in [0.4, 0.5) is 0 Å². The summed E-state index contributed by atoms with van der Waals surface area (Å²) in [6.45, 7) is 3.77. The molecule has 2 N–H and O–H groups in total. The van der Waals surface area contributed by atoms with Gasteiger partial charge in [0.2, 0.25) is 0 Å². The van der Waals surface area contributed by atoms with Crippen LogP contribution in [0.15, 0.2) is 48.6 Å². The minimum Gasteiger partial charge on any atom is -0.508 e. The van der Waals surface area contributed by atoms with Crippen LogP contribution in [0.1, 0.15) is 35.3 Å². The monoisotopic (exact) mass is 322 g/mol. The van der Waals surface area contributed by atoms with Gasteiger partial charge in [-0.2, -0.15) is 0 Å². The lowest BCUT2D eigenvalue weighted by Gasteiger charge is -2.29. The van der Waals surface area contributed by atoms with Crippen molar-refractivity contribution in [3.63, 3.8) is 0 Å². The normalized spacial score (nSPS) is 15.1. The number of fused-ring (bicyclic) bond motifs is 1. The van der Waals surface area contributed by atoms with E-state index in [1.54, 1.807) is 42.5 Å². The third kappa shape index (κ3) is 3.18. The summed E-state index contributed by atoms with van der Waals surface area (Å²) in [7, 11) is 0. The van der Waals surface area contributed by atoms with Crippen molar-refractivity contribution in [1.29, 1.82) is 0 Å². The van der Waals surface area contributed by atoms with Crippen LogP contribution in [-0.2, 0) is 0 Å². The van der Waals surface area contributed by atoms with Gasteiger partial charge in [0.25, 0.3) is 0 Å². The molecule has 0 amide bonds. The van der Waals surface area contributed by atoms with Gasteiger partial charge in [0, 0.05) is 0 Å². The van der Waals surface area contributed by atoms with E-state index in [-0.39, 0.29) is 17.3 Å². The summed E-state index contributed by atoms with van der Waals surface area (Å²) in [5.74, 6) is 0.428. The standard InChI is InChI=1S/C20H18O4/c1-20(2)12-11-16-18(23)10-8-15(19(16)24-20)17(22)9-5-13-3-6-14(21)7-4-13/h3-12,21,23H,1-2H3. The zero-order valence-corrected chi connectivity index (χ0v) is 13.5. The Labute approximate surface area is 140 Å². The molecule has 4 nitrogen and oxygen atoms in total. The number of ketones is 1. The predicted octanol–water partition coefficient (Wildman–Crippen LogP) is 4.18. The van der Waals surface area contributed by atoms with E-state index in [0.717, 1.165) is 5.56 Å². The van der Waals surface area contributed by atoms with Gasteiger partial charge in [-0.05, 0) is 61.9 Å². The molecule has 0 aliphatic carbocycles. The van der Waals surface area contributed by atoms with Crippen LogP contribution < -0.4 is 4.74 Å². The number of phenolic OH excluding ortho intramolecular Hbond substituents is 2. The lowest BCUT2D eigenvalue weighted by Crippen LogP contribution is -2.28. The largest absolute Gasteiger partial charge is 0.508 e. The summed E-state index contributed by atoms with van der Waals surface area (Å²) in [5, 5.41) is 19.3. The van der Waals surface area contributed by atoms with Crippen molar-refractivity contribution in [2.75, 3.05) is 0 Å². The molecule has 3 rings (SSSR count). The molecule has 0 fully saturated rings. The van der Waals surface area contributed by atoms with Crippen LogP contribution in [-0.4, -0.2) is 21.6 Å². The van der Waals surface area contributed by atoms with Gasteiger partial charge in [-0.25, -0.2) is 0 Å². The van der Waals surface area contributed by atoms with Gasteiger partial charge in [0.1, 0.15) is 22.8 Å². The van der Waals surface area contributed by atoms with E-state index in [4.69, 9.17) is 4.74 Å². The number of hydrogen-bond acceptors (Lipinski definition) is 4. The molecule has 0 aromatic heterocycles. The highest BCUT2D eigenvalue weighted by Crippen LogP contribution is 2.39. The van der Waals surface area contributed by atoms with E-state index in [1.165, 1.54) is 12.1 Å². The van der Waals surface area contributed by atoms with Crippen LogP contribution >= 0.6 is 0 Å². The number of ether oxygens (including phenoxy) is 1. The molecule has 4 heteroatoms. The number of rotatable bonds is 3. The summed E-state index contributed by atoms with van der Waals surface area (Å²) < 4.78 is 5.89. The van der Waals surface area contributed by atoms with E-state index >= 15 is 0 Å². The maximum Gasteiger partial charge on any atom is 0.189 e. The molecule has 0 radical (unpaired) electrons. The number of aromatic hydroxyl groups is 2. The second-order valence-corrected chi connectivity index (χ2v) is 6.20. The topological polar surface area (TPSA) is 66.8 Å². The van der Waals surface area contributed by atoms with E-state index in [9.17, 15) is 15.0 Å². The van der Waals surface area contributed by atoms with Crippen LogP contribution in [0.5, 0.6) is 17.2 Å². The molecule has 0 atom stereocenters. The van der Waals surface area contributed by atoms with Crippen LogP contribution in [0.25, 0.3) is 12.2 Å². The van der Waals surface area contributed by atoms with Gasteiger partial charge < -0.3 is 14.9 Å². The molecule has 2 aromatic rings. The van der Waals surface area contributed by atoms with Gasteiger partial charge in [-0.1, -0.05) is 18.2 Å². The first kappa shape index (κ1) is 15.9. The number of phenols is 2. The number of carbonyl (C=O) groups is 1. The summed E-state index contributed by atoms with van der Waals surface area (Å²) in [6, 6.07) is 9.60. The maximum absolute atomic E-state index is 12.6. The minimum atomic E-state index is -0.545. The molecule has 0 spiro atoms. The molecule has 0 bridgehead atoms. The Morgan fingerprint density at radius 2 is 1.79 bits per heavy atom. The molecule has 1 aliphatic heterocycles. The molecular formula is C20H18O4. The molecule has 0 unspecified atom stereocenters. The molecule has 1 heterocycles. The first-order valence-electron chi connectivity index (χ1n) is 7.61. The molecule has 0 saturated heterocycles. The Balaban J connectivity index is 1.94. The minimum absolute atomic E-state index is 0.0795. The highest BCUT2D eigenvalue weighted by molar-refractivity contribution is 6.09. The molecule has 24 heavy (non-hydrogen) atoms. The van der Waals surface area contributed by atoms with Crippen LogP contribution in [0.2, 0.25) is 0 Å². The van der Waals surface area contributed by atoms with Crippen molar-refractivity contribution in [2.24, 2.45) is 0 Å². The van der Waals surface area contributed by atoms with E-state index in [0.29, 0.717) is 16.9 Å². The lowest BCUT2D eigenvalue weighted by atomic mass is 9.97. The van der Waals surface area contributed by atoms with Crippen LogP contribution in [0, 0.1) is 0 Å². The van der Waals surface area contributed by atoms with Crippen molar-refractivity contribution in [3.8, 4) is 17.2 Å². The number of hydrogen-bond donors (Lipinski definition) is 2. The van der Waals surface area contributed by atoms with Gasteiger partial charge in [0.05, 0.1) is 11.1 Å². The SMILES string of the molecule is CC1(C)C=Cc2c(O)ccc(C(=O)C=Cc3ccc(O)cc3)c2O1. The van der Waals surface area contributed by atoms with Crippen molar-refractivity contribution in [1.82, 2.24) is 0 Å². The molecule has 1 aliphatic rings. The van der Waals surface area contributed by atoms with Crippen molar-refractivity contribution in [2.45, 2.75) is 19.4 Å². The number of allylic oxidation sites excluding steroid dienone is 1. The fourth-order valence-corrected chi connectivity index (χ4v) is 2.48. The summed E-state index contributed by atoms with van der Waals surface area (Å²) in [4.78, 5) is 12.6. The molecular weight excluding hydrogens is 304 g/mol. The van der Waals surface area contributed by atoms with E-state index < -0.39 is 5.60 Å². The van der Waals surface area contributed by atoms with Crippen LogP contribution in [0.3, 0.4) is 0 Å². The Kier molecular flexibility index (Phi) is 3.89. The number of benzene rings is 2. The van der Waals surface area contributed by atoms with E-state index in [2.05, 4.69) is 0 Å². The number of carbonyl (C=O) groups excluding carboxylic acids is 1. The zero-order valence-electron chi connectivity index (χ0n) is 13.5. The Morgan fingerprint density at radius 1 is 1.08 bits per heavy atom. The fraction of sp³-hybridized carbons (Fsp3) is 0.150. The van der Waals surface area contributed by atoms with Gasteiger partial charge in [-0.3, -0.25) is 4.79 Å². The second kappa shape index (κ2) is 5.89. The average molecular weight is 322 g/mol. The highest BCUT2D eigenvalue weighted by Gasteiger charge is 2.27. The van der Waals surface area contributed by atoms with Crippen molar-refractivity contribution in [3.05, 3.63) is 65.2 Å². The molecule has 2 aromatic carbocycles. The summed E-state index contributed by atoms with van der Waals surface area (Å²) in [5.41, 5.74) is 1.17. The summed E-state index contributed by atoms with van der Waals surface area (Å²) in [6.07, 6.45) is 6.74. The van der Waals surface area contributed by atoms with Crippen molar-refractivity contribution >= 4 is 17.9 Å². The third-order valence-corrected chi connectivity index (χ3v) is 3.78. The Hall–Kier alpha value is -3.01. The van der Waals surface area contributed by atoms with E-state index in [1.807, 2.05) is 19.9 Å². The average Bonchev–Trinajstić information content (AvgIpc) is 2.53. The van der Waals surface area contributed by atoms with Gasteiger partial charge in [0.15, 0.2) is 5.78 Å². The zero-order chi connectivity index (χ0) is 17.3. The second-order valence-electron chi connectivity index (χ2n) is 6.20. The van der Waals surface area contributed by atoms with Crippen molar-refractivity contribution < 1.29 is 19.7 Å². The predicted molar refractivity (Wildman–Crippen MR) is 93.3 cm³/mol. The highest BCUT2D eigenvalue weighted by atomic mass is 16.5. The maximum atomic E-state index is 12.6. The smallest absolute Gasteiger partial charge is 0.189 e. The Bertz CT molecular complexity index is 843.